The van der Waals surface area contributed by atoms with E-state index in [1.165, 1.54) is 4.90 Å². The predicted molar refractivity (Wildman–Crippen MR) is 143 cm³/mol. The molecule has 3 aromatic rings. The Kier molecular flexibility index (Phi) is 7.49. The fourth-order valence-corrected chi connectivity index (χ4v) is 4.66. The number of Topliss-reactive ketones (excluding diaryl/α,β-unsaturated/α-hetero) is 1. The molecule has 2 aromatic carbocycles. The Morgan fingerprint density at radius 3 is 2.67 bits per heavy atom. The van der Waals surface area contributed by atoms with Crippen LogP contribution in [0.2, 0.25) is 0 Å². The Labute approximate surface area is 225 Å². The van der Waals surface area contributed by atoms with Crippen LogP contribution in [0.15, 0.2) is 79.2 Å². The molecule has 0 aliphatic carbocycles. The number of rotatable bonds is 9. The lowest BCUT2D eigenvalue weighted by molar-refractivity contribution is -0.140. The summed E-state index contributed by atoms with van der Waals surface area (Å²) < 4.78 is 22.8. The van der Waals surface area contributed by atoms with E-state index in [1.54, 1.807) is 60.9 Å². The molecule has 0 saturated carbocycles. The van der Waals surface area contributed by atoms with E-state index >= 15 is 0 Å². The number of carbonyl (C=O) groups is 2. The van der Waals surface area contributed by atoms with Crippen LogP contribution in [0.4, 0.5) is 0 Å². The minimum Gasteiger partial charge on any atom is -0.507 e. The molecule has 1 N–H and O–H groups in total. The number of hydrogen-bond acceptors (Lipinski definition) is 8. The van der Waals surface area contributed by atoms with Crippen LogP contribution >= 0.6 is 0 Å². The maximum Gasteiger partial charge on any atom is 0.295 e. The number of carbonyl (C=O) groups excluding carboxylic acids is 2. The average Bonchev–Trinajstić information content (AvgIpc) is 3.21. The van der Waals surface area contributed by atoms with Crippen LogP contribution in [0.3, 0.4) is 0 Å². The van der Waals surface area contributed by atoms with Gasteiger partial charge < -0.3 is 29.0 Å². The van der Waals surface area contributed by atoms with Crippen molar-refractivity contribution in [2.75, 3.05) is 26.4 Å². The molecule has 1 amide bonds. The van der Waals surface area contributed by atoms with E-state index in [1.807, 2.05) is 13.0 Å². The van der Waals surface area contributed by atoms with Crippen LogP contribution in [0.1, 0.15) is 29.7 Å². The third kappa shape index (κ3) is 5.16. The van der Waals surface area contributed by atoms with Gasteiger partial charge in [0.1, 0.15) is 25.6 Å². The van der Waals surface area contributed by atoms with Crippen LogP contribution in [0, 0.1) is 0 Å². The summed E-state index contributed by atoms with van der Waals surface area (Å²) in [5.41, 5.74) is 1.61. The standard InChI is InChI=1S/C30H28N2O7/c1-3-12-37-22-9-7-20(15-24(22)36-4-2)27-26(28(33)21-8-10-23-25(16-21)39-14-13-38-23)29(34)30(35)32(27)18-19-6-5-11-31-17-19/h3,5-11,15-17,27,33H,1,4,12-14,18H2,2H3/b28-26+. The Morgan fingerprint density at radius 1 is 1.10 bits per heavy atom. The smallest absolute Gasteiger partial charge is 0.295 e. The quantitative estimate of drug-likeness (QED) is 0.188. The molecule has 1 unspecified atom stereocenters. The Balaban J connectivity index is 1.64. The van der Waals surface area contributed by atoms with Crippen molar-refractivity contribution in [1.29, 1.82) is 0 Å². The second kappa shape index (κ2) is 11.3. The summed E-state index contributed by atoms with van der Waals surface area (Å²) >= 11 is 0. The summed E-state index contributed by atoms with van der Waals surface area (Å²) in [7, 11) is 0. The van der Waals surface area contributed by atoms with Gasteiger partial charge in [0.25, 0.3) is 11.7 Å². The molecule has 1 atom stereocenters. The van der Waals surface area contributed by atoms with Crippen molar-refractivity contribution in [1.82, 2.24) is 9.88 Å². The summed E-state index contributed by atoms with van der Waals surface area (Å²) in [6, 6.07) is 12.8. The van der Waals surface area contributed by atoms with Crippen LogP contribution in [0.25, 0.3) is 5.76 Å². The molecule has 39 heavy (non-hydrogen) atoms. The first-order valence-electron chi connectivity index (χ1n) is 12.6. The largest absolute Gasteiger partial charge is 0.507 e. The monoisotopic (exact) mass is 528 g/mol. The molecular formula is C30H28N2O7. The van der Waals surface area contributed by atoms with Gasteiger partial charge in [0.05, 0.1) is 18.2 Å². The van der Waals surface area contributed by atoms with Gasteiger partial charge in [-0.15, -0.1) is 0 Å². The summed E-state index contributed by atoms with van der Waals surface area (Å²) in [6.07, 6.45) is 4.89. The number of pyridine rings is 1. The number of ether oxygens (including phenoxy) is 4. The lowest BCUT2D eigenvalue weighted by Gasteiger charge is -2.26. The Morgan fingerprint density at radius 2 is 1.92 bits per heavy atom. The number of hydrogen-bond donors (Lipinski definition) is 1. The van der Waals surface area contributed by atoms with Gasteiger partial charge in [0, 0.05) is 24.5 Å². The summed E-state index contributed by atoms with van der Waals surface area (Å²) in [6.45, 7) is 7.09. The number of aliphatic hydroxyl groups is 1. The van der Waals surface area contributed by atoms with Gasteiger partial charge in [-0.1, -0.05) is 24.8 Å². The fourth-order valence-electron chi connectivity index (χ4n) is 4.66. The predicted octanol–water partition coefficient (Wildman–Crippen LogP) is 4.44. The molecule has 2 aliphatic heterocycles. The second-order valence-corrected chi connectivity index (χ2v) is 8.89. The molecule has 0 spiro atoms. The van der Waals surface area contributed by atoms with Crippen LogP contribution in [-0.4, -0.2) is 53.1 Å². The van der Waals surface area contributed by atoms with E-state index in [2.05, 4.69) is 11.6 Å². The highest BCUT2D eigenvalue weighted by atomic mass is 16.6. The third-order valence-electron chi connectivity index (χ3n) is 6.37. The molecule has 1 saturated heterocycles. The lowest BCUT2D eigenvalue weighted by Crippen LogP contribution is -2.29. The molecule has 3 heterocycles. The summed E-state index contributed by atoms with van der Waals surface area (Å²) in [5.74, 6) is 0.111. The van der Waals surface area contributed by atoms with E-state index in [0.29, 0.717) is 53.9 Å². The first-order chi connectivity index (χ1) is 19.0. The highest BCUT2D eigenvalue weighted by molar-refractivity contribution is 6.46. The van der Waals surface area contributed by atoms with Crippen LogP contribution in [-0.2, 0) is 16.1 Å². The normalized spacial score (nSPS) is 17.7. The zero-order chi connectivity index (χ0) is 27.4. The first-order valence-corrected chi connectivity index (χ1v) is 12.6. The highest BCUT2D eigenvalue weighted by Gasteiger charge is 2.46. The molecule has 0 bridgehead atoms. The fraction of sp³-hybridized carbons (Fsp3) is 0.233. The number of nitrogens with zero attached hydrogens (tertiary/aromatic N) is 2. The van der Waals surface area contributed by atoms with Crippen molar-refractivity contribution >= 4 is 17.4 Å². The first kappa shape index (κ1) is 25.8. The van der Waals surface area contributed by atoms with E-state index in [0.717, 1.165) is 5.56 Å². The third-order valence-corrected chi connectivity index (χ3v) is 6.37. The molecule has 9 heteroatoms. The van der Waals surface area contributed by atoms with Crippen molar-refractivity contribution in [3.8, 4) is 23.0 Å². The maximum atomic E-state index is 13.5. The van der Waals surface area contributed by atoms with Crippen LogP contribution in [0.5, 0.6) is 23.0 Å². The van der Waals surface area contributed by atoms with Crippen molar-refractivity contribution < 1.29 is 33.6 Å². The van der Waals surface area contributed by atoms with Crippen molar-refractivity contribution in [3.05, 3.63) is 95.8 Å². The van der Waals surface area contributed by atoms with Gasteiger partial charge in [0.2, 0.25) is 0 Å². The maximum absolute atomic E-state index is 13.5. The van der Waals surface area contributed by atoms with Crippen molar-refractivity contribution in [2.24, 2.45) is 0 Å². The summed E-state index contributed by atoms with van der Waals surface area (Å²) in [5, 5.41) is 11.5. The average molecular weight is 529 g/mol. The number of aliphatic hydroxyl groups excluding tert-OH is 1. The molecule has 9 nitrogen and oxygen atoms in total. The minimum atomic E-state index is -0.897. The van der Waals surface area contributed by atoms with E-state index in [4.69, 9.17) is 18.9 Å². The zero-order valence-corrected chi connectivity index (χ0v) is 21.5. The summed E-state index contributed by atoms with van der Waals surface area (Å²) in [4.78, 5) is 32.4. The minimum absolute atomic E-state index is 0.0391. The van der Waals surface area contributed by atoms with Gasteiger partial charge in [0.15, 0.2) is 23.0 Å². The van der Waals surface area contributed by atoms with Crippen molar-refractivity contribution in [2.45, 2.75) is 19.5 Å². The van der Waals surface area contributed by atoms with Gasteiger partial charge >= 0.3 is 0 Å². The highest BCUT2D eigenvalue weighted by Crippen LogP contribution is 2.43. The number of benzene rings is 2. The molecule has 2 aliphatic rings. The molecule has 0 radical (unpaired) electrons. The number of ketones is 1. The molecule has 200 valence electrons. The van der Waals surface area contributed by atoms with E-state index in [9.17, 15) is 14.7 Å². The lowest BCUT2D eigenvalue weighted by atomic mass is 9.94. The van der Waals surface area contributed by atoms with Gasteiger partial charge in [-0.25, -0.2) is 0 Å². The van der Waals surface area contributed by atoms with Gasteiger partial charge in [-0.2, -0.15) is 0 Å². The number of aromatic nitrogens is 1. The Bertz CT molecular complexity index is 1430. The van der Waals surface area contributed by atoms with E-state index < -0.39 is 17.7 Å². The molecular weight excluding hydrogens is 500 g/mol. The molecule has 1 fully saturated rings. The second-order valence-electron chi connectivity index (χ2n) is 8.89. The number of likely N-dealkylation sites (tertiary alicyclic amines) is 1. The van der Waals surface area contributed by atoms with E-state index in [-0.39, 0.29) is 24.5 Å². The number of amides is 1. The molecule has 5 rings (SSSR count). The SMILES string of the molecule is C=CCOc1ccc(C2/C(=C(\O)c3ccc4c(c3)OCCO4)C(=O)C(=O)N2Cc2cccnc2)cc1OCC. The zero-order valence-electron chi connectivity index (χ0n) is 21.5. The van der Waals surface area contributed by atoms with Crippen LogP contribution < -0.4 is 18.9 Å². The topological polar surface area (TPSA) is 107 Å². The Hall–Kier alpha value is -4.79. The van der Waals surface area contributed by atoms with Gasteiger partial charge in [-0.3, -0.25) is 14.6 Å². The number of fused-ring (bicyclic) bond motifs is 1. The van der Waals surface area contributed by atoms with Crippen molar-refractivity contribution in [3.63, 3.8) is 0 Å². The molecule has 1 aromatic heterocycles. The van der Waals surface area contributed by atoms with Gasteiger partial charge in [-0.05, 0) is 54.4 Å².